The Morgan fingerprint density at radius 3 is 3.00 bits per heavy atom. The molecule has 2 heterocycles. The molecule has 1 aromatic heterocycles. The monoisotopic (exact) mass is 268 g/mol. The van der Waals surface area contributed by atoms with Crippen molar-refractivity contribution in [3.8, 4) is 5.95 Å². The molecule has 1 aliphatic heterocycles. The minimum Gasteiger partial charge on any atom is -0.467 e. The number of aryl methyl sites for hydroxylation is 2. The first-order chi connectivity index (χ1) is 9.15. The Balaban J connectivity index is 1.84. The summed E-state index contributed by atoms with van der Waals surface area (Å²) in [5.74, 6) is 1.20. The van der Waals surface area contributed by atoms with Crippen molar-refractivity contribution in [1.29, 1.82) is 0 Å². The number of amides is 1. The SMILES string of the molecule is COc1oc(CCCN2C(=O)CC[C@H]2CO)nc1C. The van der Waals surface area contributed by atoms with Crippen molar-refractivity contribution < 1.29 is 19.1 Å². The Labute approximate surface area is 112 Å². The van der Waals surface area contributed by atoms with Crippen LogP contribution in [-0.2, 0) is 11.2 Å². The molecule has 6 nitrogen and oxygen atoms in total. The third kappa shape index (κ3) is 3.07. The van der Waals surface area contributed by atoms with Crippen LogP contribution in [0.3, 0.4) is 0 Å². The second-order valence-electron chi connectivity index (χ2n) is 4.75. The molecule has 0 unspecified atom stereocenters. The van der Waals surface area contributed by atoms with Crippen molar-refractivity contribution in [2.24, 2.45) is 0 Å². The second-order valence-corrected chi connectivity index (χ2v) is 4.75. The summed E-state index contributed by atoms with van der Waals surface area (Å²) < 4.78 is 10.5. The predicted octanol–water partition coefficient (Wildman–Crippen LogP) is 0.908. The van der Waals surface area contributed by atoms with Crippen LogP contribution in [0.1, 0.15) is 30.8 Å². The van der Waals surface area contributed by atoms with Gasteiger partial charge in [0.25, 0.3) is 0 Å². The van der Waals surface area contributed by atoms with Crippen LogP contribution in [0, 0.1) is 6.92 Å². The smallest absolute Gasteiger partial charge is 0.307 e. The average Bonchev–Trinajstić information content (AvgIpc) is 2.93. The first kappa shape index (κ1) is 13.9. The number of ether oxygens (including phenoxy) is 1. The molecule has 106 valence electrons. The van der Waals surface area contributed by atoms with Crippen molar-refractivity contribution in [1.82, 2.24) is 9.88 Å². The van der Waals surface area contributed by atoms with Crippen LogP contribution in [-0.4, -0.2) is 47.2 Å². The van der Waals surface area contributed by atoms with Gasteiger partial charge in [-0.2, -0.15) is 0 Å². The normalized spacial score (nSPS) is 19.2. The first-order valence-corrected chi connectivity index (χ1v) is 6.56. The molecule has 1 fully saturated rings. The summed E-state index contributed by atoms with van der Waals surface area (Å²) in [6, 6.07) is -0.0201. The fourth-order valence-corrected chi connectivity index (χ4v) is 2.42. The second kappa shape index (κ2) is 6.06. The number of hydrogen-bond acceptors (Lipinski definition) is 5. The minimum absolute atomic E-state index is 0.0201. The maximum atomic E-state index is 11.6. The number of aliphatic hydroxyl groups excluding tert-OH is 1. The lowest BCUT2D eigenvalue weighted by Crippen LogP contribution is -2.36. The van der Waals surface area contributed by atoms with Gasteiger partial charge in [-0.15, -0.1) is 0 Å². The number of carbonyl (C=O) groups excluding carboxylic acids is 1. The number of aliphatic hydroxyl groups is 1. The number of rotatable bonds is 6. The van der Waals surface area contributed by atoms with Gasteiger partial charge in [-0.25, -0.2) is 4.98 Å². The largest absolute Gasteiger partial charge is 0.467 e. The average molecular weight is 268 g/mol. The molecule has 0 spiro atoms. The van der Waals surface area contributed by atoms with Gasteiger partial charge >= 0.3 is 5.95 Å². The van der Waals surface area contributed by atoms with E-state index in [9.17, 15) is 9.90 Å². The zero-order chi connectivity index (χ0) is 13.8. The molecule has 0 radical (unpaired) electrons. The fraction of sp³-hybridized carbons (Fsp3) is 0.692. The number of likely N-dealkylation sites (tertiary alicyclic amines) is 1. The Kier molecular flexibility index (Phi) is 4.42. The Morgan fingerprint density at radius 2 is 2.37 bits per heavy atom. The topological polar surface area (TPSA) is 75.8 Å². The highest BCUT2D eigenvalue weighted by Gasteiger charge is 2.29. The van der Waals surface area contributed by atoms with Crippen LogP contribution < -0.4 is 4.74 Å². The molecule has 1 aromatic rings. The molecule has 6 heteroatoms. The molecule has 0 saturated carbocycles. The van der Waals surface area contributed by atoms with Gasteiger partial charge in [-0.05, 0) is 19.8 Å². The zero-order valence-electron chi connectivity index (χ0n) is 11.4. The predicted molar refractivity (Wildman–Crippen MR) is 67.9 cm³/mol. The maximum Gasteiger partial charge on any atom is 0.307 e. The summed E-state index contributed by atoms with van der Waals surface area (Å²) in [6.07, 6.45) is 2.72. The van der Waals surface area contributed by atoms with Crippen molar-refractivity contribution >= 4 is 5.91 Å². The summed E-state index contributed by atoms with van der Waals surface area (Å²) in [6.45, 7) is 2.50. The lowest BCUT2D eigenvalue weighted by Gasteiger charge is -2.22. The summed E-state index contributed by atoms with van der Waals surface area (Å²) in [7, 11) is 1.55. The molecule has 1 atom stereocenters. The third-order valence-electron chi connectivity index (χ3n) is 3.44. The van der Waals surface area contributed by atoms with Crippen molar-refractivity contribution in [2.45, 2.75) is 38.6 Å². The van der Waals surface area contributed by atoms with Gasteiger partial charge in [-0.1, -0.05) is 0 Å². The number of aromatic nitrogens is 1. The number of carbonyl (C=O) groups is 1. The van der Waals surface area contributed by atoms with Gasteiger partial charge in [-0.3, -0.25) is 4.79 Å². The van der Waals surface area contributed by atoms with Gasteiger partial charge in [0, 0.05) is 19.4 Å². The lowest BCUT2D eigenvalue weighted by molar-refractivity contribution is -0.129. The summed E-state index contributed by atoms with van der Waals surface area (Å²) in [5, 5.41) is 9.20. The molecule has 1 amide bonds. The fourth-order valence-electron chi connectivity index (χ4n) is 2.42. The molecule has 0 aromatic carbocycles. The highest BCUT2D eigenvalue weighted by molar-refractivity contribution is 5.78. The van der Waals surface area contributed by atoms with Gasteiger partial charge < -0.3 is 19.2 Å². The van der Waals surface area contributed by atoms with Crippen LogP contribution in [0.2, 0.25) is 0 Å². The van der Waals surface area contributed by atoms with Crippen molar-refractivity contribution in [2.75, 3.05) is 20.3 Å². The van der Waals surface area contributed by atoms with E-state index in [0.29, 0.717) is 31.2 Å². The van der Waals surface area contributed by atoms with E-state index in [-0.39, 0.29) is 18.6 Å². The van der Waals surface area contributed by atoms with E-state index in [1.807, 2.05) is 6.92 Å². The molecule has 1 saturated heterocycles. The van der Waals surface area contributed by atoms with E-state index in [4.69, 9.17) is 9.15 Å². The van der Waals surface area contributed by atoms with Crippen LogP contribution >= 0.6 is 0 Å². The number of nitrogens with zero attached hydrogens (tertiary/aromatic N) is 2. The lowest BCUT2D eigenvalue weighted by atomic mass is 10.2. The number of hydrogen-bond donors (Lipinski definition) is 1. The number of methoxy groups -OCH3 is 1. The molecule has 0 aliphatic carbocycles. The Morgan fingerprint density at radius 1 is 1.58 bits per heavy atom. The molecule has 1 aliphatic rings. The van der Waals surface area contributed by atoms with E-state index in [1.54, 1.807) is 12.0 Å². The van der Waals surface area contributed by atoms with E-state index in [0.717, 1.165) is 18.5 Å². The van der Waals surface area contributed by atoms with Crippen molar-refractivity contribution in [3.05, 3.63) is 11.6 Å². The van der Waals surface area contributed by atoms with E-state index >= 15 is 0 Å². The molecular weight excluding hydrogens is 248 g/mol. The summed E-state index contributed by atoms with van der Waals surface area (Å²) >= 11 is 0. The van der Waals surface area contributed by atoms with E-state index in [1.165, 1.54) is 0 Å². The summed E-state index contributed by atoms with van der Waals surface area (Å²) in [5.41, 5.74) is 0.739. The van der Waals surface area contributed by atoms with Gasteiger partial charge in [0.1, 0.15) is 5.69 Å². The van der Waals surface area contributed by atoms with Gasteiger partial charge in [0.15, 0.2) is 5.89 Å². The van der Waals surface area contributed by atoms with Crippen LogP contribution in [0.4, 0.5) is 0 Å². The number of oxazole rings is 1. The minimum atomic E-state index is -0.0201. The molecular formula is C13H20N2O4. The quantitative estimate of drug-likeness (QED) is 0.830. The Bertz CT molecular complexity index is 444. The van der Waals surface area contributed by atoms with Crippen molar-refractivity contribution in [3.63, 3.8) is 0 Å². The van der Waals surface area contributed by atoms with E-state index < -0.39 is 0 Å². The highest BCUT2D eigenvalue weighted by atomic mass is 16.6. The van der Waals surface area contributed by atoms with Crippen LogP contribution in [0.25, 0.3) is 0 Å². The van der Waals surface area contributed by atoms with Gasteiger partial charge in [0.2, 0.25) is 5.91 Å². The van der Waals surface area contributed by atoms with Crippen LogP contribution in [0.5, 0.6) is 5.95 Å². The first-order valence-electron chi connectivity index (χ1n) is 6.56. The van der Waals surface area contributed by atoms with Crippen LogP contribution in [0.15, 0.2) is 4.42 Å². The van der Waals surface area contributed by atoms with E-state index in [2.05, 4.69) is 4.98 Å². The highest BCUT2D eigenvalue weighted by Crippen LogP contribution is 2.21. The third-order valence-corrected chi connectivity index (χ3v) is 3.44. The summed E-state index contributed by atoms with van der Waals surface area (Å²) in [4.78, 5) is 17.7. The molecule has 2 rings (SSSR count). The standard InChI is InChI=1S/C13H20N2O4/c1-9-13(18-2)19-11(14-9)4-3-7-15-10(8-16)5-6-12(15)17/h10,16H,3-8H2,1-2H3/t10-/m0/s1. The molecule has 0 bridgehead atoms. The zero-order valence-corrected chi connectivity index (χ0v) is 11.4. The maximum absolute atomic E-state index is 11.6. The van der Waals surface area contributed by atoms with Gasteiger partial charge in [0.05, 0.1) is 19.8 Å². The Hall–Kier alpha value is -1.56. The molecule has 1 N–H and O–H groups in total. The molecule has 19 heavy (non-hydrogen) atoms.